The second-order valence-corrected chi connectivity index (χ2v) is 8.60. The van der Waals surface area contributed by atoms with Crippen LogP contribution in [-0.2, 0) is 19.6 Å². The Labute approximate surface area is 152 Å². The monoisotopic (exact) mass is 387 g/mol. The van der Waals surface area contributed by atoms with Crippen molar-refractivity contribution in [3.8, 4) is 0 Å². The van der Waals surface area contributed by atoms with Crippen LogP contribution in [0.2, 0.25) is 5.02 Å². The maximum absolute atomic E-state index is 12.6. The van der Waals surface area contributed by atoms with E-state index in [4.69, 9.17) is 17.3 Å². The molecular weight excluding hydrogens is 366 g/mol. The van der Waals surface area contributed by atoms with Crippen LogP contribution in [0.4, 0.5) is 5.69 Å². The third-order valence-electron chi connectivity index (χ3n) is 4.37. The number of likely N-dealkylation sites (tertiary alicyclic amines) is 1. The van der Waals surface area contributed by atoms with E-state index in [1.807, 2.05) is 0 Å². The van der Waals surface area contributed by atoms with Gasteiger partial charge in [0.25, 0.3) is 0 Å². The van der Waals surface area contributed by atoms with Crippen molar-refractivity contribution in [2.24, 2.45) is 11.7 Å². The highest BCUT2D eigenvalue weighted by Crippen LogP contribution is 2.26. The molecule has 2 N–H and O–H groups in total. The predicted molar refractivity (Wildman–Crippen MR) is 96.9 cm³/mol. The van der Waals surface area contributed by atoms with Crippen molar-refractivity contribution < 1.29 is 18.0 Å². The molecule has 1 heterocycles. The molecule has 0 bridgehead atoms. The van der Waals surface area contributed by atoms with Gasteiger partial charge in [-0.1, -0.05) is 17.7 Å². The first-order valence-electron chi connectivity index (χ1n) is 7.90. The average Bonchev–Trinajstić information content (AvgIpc) is 2.54. The van der Waals surface area contributed by atoms with E-state index in [1.54, 1.807) is 24.0 Å². The molecule has 0 radical (unpaired) electrons. The fourth-order valence-corrected chi connectivity index (χ4v) is 3.93. The molecule has 0 aromatic heterocycles. The first-order chi connectivity index (χ1) is 11.6. The molecule has 1 aliphatic rings. The number of primary amides is 1. The van der Waals surface area contributed by atoms with Gasteiger partial charge in [0, 0.05) is 24.0 Å². The summed E-state index contributed by atoms with van der Waals surface area (Å²) in [4.78, 5) is 25.4. The Bertz CT molecular complexity index is 774. The maximum atomic E-state index is 12.6. The summed E-state index contributed by atoms with van der Waals surface area (Å²) in [6, 6.07) is 4.90. The van der Waals surface area contributed by atoms with Crippen LogP contribution in [0, 0.1) is 12.8 Å². The van der Waals surface area contributed by atoms with Gasteiger partial charge in [-0.15, -0.1) is 0 Å². The number of carbonyl (C=O) groups excluding carboxylic acids is 2. The Morgan fingerprint density at radius 3 is 2.44 bits per heavy atom. The lowest BCUT2D eigenvalue weighted by Gasteiger charge is -2.32. The summed E-state index contributed by atoms with van der Waals surface area (Å²) in [5.74, 6) is -0.905. The average molecular weight is 388 g/mol. The summed E-state index contributed by atoms with van der Waals surface area (Å²) >= 11 is 5.98. The van der Waals surface area contributed by atoms with Gasteiger partial charge in [0.05, 0.1) is 11.9 Å². The maximum Gasteiger partial charge on any atom is 0.243 e. The molecule has 0 atom stereocenters. The lowest BCUT2D eigenvalue weighted by molar-refractivity contribution is -0.133. The van der Waals surface area contributed by atoms with Gasteiger partial charge < -0.3 is 10.6 Å². The summed E-state index contributed by atoms with van der Waals surface area (Å²) in [6.45, 7) is 2.23. The predicted octanol–water partition coefficient (Wildman–Crippen LogP) is 1.14. The van der Waals surface area contributed by atoms with Crippen molar-refractivity contribution in [2.45, 2.75) is 19.8 Å². The molecule has 1 saturated heterocycles. The van der Waals surface area contributed by atoms with Gasteiger partial charge >= 0.3 is 0 Å². The van der Waals surface area contributed by atoms with Crippen LogP contribution < -0.4 is 10.0 Å². The van der Waals surface area contributed by atoms with E-state index in [1.165, 1.54) is 6.07 Å². The number of amides is 2. The minimum atomic E-state index is -3.66. The Balaban J connectivity index is 2.17. The Morgan fingerprint density at radius 2 is 1.92 bits per heavy atom. The molecule has 1 aliphatic heterocycles. The van der Waals surface area contributed by atoms with Crippen LogP contribution >= 0.6 is 11.6 Å². The fraction of sp³-hybridized carbons (Fsp3) is 0.500. The molecule has 0 saturated carbocycles. The molecule has 25 heavy (non-hydrogen) atoms. The van der Waals surface area contributed by atoms with Crippen LogP contribution in [0.25, 0.3) is 0 Å². The zero-order valence-electron chi connectivity index (χ0n) is 14.2. The summed E-state index contributed by atoms with van der Waals surface area (Å²) in [5, 5.41) is 0.393. The van der Waals surface area contributed by atoms with Gasteiger partial charge in [0.1, 0.15) is 6.54 Å². The van der Waals surface area contributed by atoms with Crippen molar-refractivity contribution in [1.29, 1.82) is 0 Å². The SMILES string of the molecule is Cc1ccc(Cl)cc1N(CC(=O)N1CCC(C(N)=O)CC1)S(C)(=O)=O. The number of sulfonamides is 1. The number of nitrogens with two attached hydrogens (primary N) is 1. The molecule has 1 fully saturated rings. The molecule has 9 heteroatoms. The number of nitrogens with zero attached hydrogens (tertiary/aromatic N) is 2. The third-order valence-corrected chi connectivity index (χ3v) is 5.73. The molecule has 7 nitrogen and oxygen atoms in total. The fourth-order valence-electron chi connectivity index (χ4n) is 2.87. The van der Waals surface area contributed by atoms with Crippen LogP contribution in [0.3, 0.4) is 0 Å². The lowest BCUT2D eigenvalue weighted by atomic mass is 9.96. The topological polar surface area (TPSA) is 101 Å². The quantitative estimate of drug-likeness (QED) is 0.818. The normalized spacial score (nSPS) is 15.9. The minimum Gasteiger partial charge on any atom is -0.369 e. The number of aryl methyl sites for hydroxylation is 1. The Hall–Kier alpha value is -1.80. The highest BCUT2D eigenvalue weighted by Gasteiger charge is 2.29. The highest BCUT2D eigenvalue weighted by molar-refractivity contribution is 7.92. The number of halogens is 1. The van der Waals surface area contributed by atoms with Crippen molar-refractivity contribution in [3.63, 3.8) is 0 Å². The smallest absolute Gasteiger partial charge is 0.243 e. The van der Waals surface area contributed by atoms with Gasteiger partial charge in [-0.25, -0.2) is 8.42 Å². The number of carbonyl (C=O) groups is 2. The zero-order chi connectivity index (χ0) is 18.8. The first-order valence-corrected chi connectivity index (χ1v) is 10.1. The second kappa shape index (κ2) is 7.61. The lowest BCUT2D eigenvalue weighted by Crippen LogP contribution is -2.47. The first kappa shape index (κ1) is 19.5. The van der Waals surface area contributed by atoms with E-state index in [0.29, 0.717) is 42.2 Å². The van der Waals surface area contributed by atoms with Crippen LogP contribution in [0.5, 0.6) is 0 Å². The van der Waals surface area contributed by atoms with Gasteiger partial charge in [-0.3, -0.25) is 13.9 Å². The van der Waals surface area contributed by atoms with Crippen LogP contribution in [0.1, 0.15) is 18.4 Å². The largest absolute Gasteiger partial charge is 0.369 e. The number of hydrogen-bond donors (Lipinski definition) is 1. The van der Waals surface area contributed by atoms with E-state index in [2.05, 4.69) is 0 Å². The van der Waals surface area contributed by atoms with Gasteiger partial charge in [0.2, 0.25) is 21.8 Å². The summed E-state index contributed by atoms with van der Waals surface area (Å²) < 4.78 is 25.5. The third kappa shape index (κ3) is 4.85. The molecule has 0 spiro atoms. The molecule has 2 rings (SSSR count). The summed E-state index contributed by atoms with van der Waals surface area (Å²) in [5.41, 5.74) is 6.38. The number of rotatable bonds is 5. The van der Waals surface area contributed by atoms with E-state index < -0.39 is 10.0 Å². The van der Waals surface area contributed by atoms with Crippen LogP contribution in [-0.4, -0.2) is 51.0 Å². The van der Waals surface area contributed by atoms with E-state index >= 15 is 0 Å². The van der Waals surface area contributed by atoms with E-state index in [-0.39, 0.29) is 24.3 Å². The van der Waals surface area contributed by atoms with Gasteiger partial charge in [-0.05, 0) is 37.5 Å². The van der Waals surface area contributed by atoms with Gasteiger partial charge in [0.15, 0.2) is 0 Å². The molecule has 1 aromatic rings. The van der Waals surface area contributed by atoms with Crippen molar-refractivity contribution in [2.75, 3.05) is 30.2 Å². The molecule has 2 amide bonds. The molecule has 0 unspecified atom stereocenters. The standard InChI is InChI=1S/C16H22ClN3O4S/c1-11-3-4-13(17)9-14(11)20(25(2,23)24)10-15(21)19-7-5-12(6-8-19)16(18)22/h3-4,9,12H,5-8,10H2,1-2H3,(H2,18,22). The summed E-state index contributed by atoms with van der Waals surface area (Å²) in [7, 11) is -3.66. The van der Waals surface area contributed by atoms with Crippen molar-refractivity contribution in [3.05, 3.63) is 28.8 Å². The number of hydrogen-bond acceptors (Lipinski definition) is 4. The van der Waals surface area contributed by atoms with E-state index in [0.717, 1.165) is 10.6 Å². The number of benzene rings is 1. The summed E-state index contributed by atoms with van der Waals surface area (Å²) in [6.07, 6.45) is 2.05. The van der Waals surface area contributed by atoms with Crippen molar-refractivity contribution in [1.82, 2.24) is 4.90 Å². The zero-order valence-corrected chi connectivity index (χ0v) is 15.8. The Morgan fingerprint density at radius 1 is 1.32 bits per heavy atom. The van der Waals surface area contributed by atoms with Crippen LogP contribution in [0.15, 0.2) is 18.2 Å². The minimum absolute atomic E-state index is 0.231. The molecule has 0 aliphatic carbocycles. The van der Waals surface area contributed by atoms with E-state index in [9.17, 15) is 18.0 Å². The number of anilines is 1. The molecule has 138 valence electrons. The van der Waals surface area contributed by atoms with Gasteiger partial charge in [-0.2, -0.15) is 0 Å². The highest BCUT2D eigenvalue weighted by atomic mass is 35.5. The molecular formula is C16H22ClN3O4S. The second-order valence-electron chi connectivity index (χ2n) is 6.26. The van der Waals surface area contributed by atoms with Crippen molar-refractivity contribution >= 4 is 39.1 Å². The molecule has 1 aromatic carbocycles. The Kier molecular flexibility index (Phi) is 5.95. The number of piperidine rings is 1.